The molecule has 6 nitrogen and oxygen atoms in total. The summed E-state index contributed by atoms with van der Waals surface area (Å²) in [5.41, 5.74) is 4.50. The van der Waals surface area contributed by atoms with Crippen LogP contribution in [0.5, 0.6) is 0 Å². The van der Waals surface area contributed by atoms with E-state index < -0.39 is 0 Å². The molecule has 3 N–H and O–H groups in total. The molecule has 0 radical (unpaired) electrons. The lowest BCUT2D eigenvalue weighted by Crippen LogP contribution is -2.12. The number of aromatic nitrogens is 4. The highest BCUT2D eigenvalue weighted by Crippen LogP contribution is 2.18. The fourth-order valence-electron chi connectivity index (χ4n) is 1.98. The molecule has 0 aliphatic rings. The number of hydrogen-bond acceptors (Lipinski definition) is 5. The van der Waals surface area contributed by atoms with Crippen molar-refractivity contribution >= 4 is 16.9 Å². The van der Waals surface area contributed by atoms with E-state index in [-0.39, 0.29) is 0 Å². The minimum absolute atomic E-state index is 0.597. The van der Waals surface area contributed by atoms with E-state index in [1.165, 1.54) is 0 Å². The zero-order valence-corrected chi connectivity index (χ0v) is 10.5. The normalized spacial score (nSPS) is 10.8. The van der Waals surface area contributed by atoms with Crippen LogP contribution < -0.4 is 11.3 Å². The molecule has 19 heavy (non-hydrogen) atoms. The molecule has 0 bridgehead atoms. The SMILES string of the molecule is CCc1nc(NN)cc(-n2cnc3ccccc32)n1. The highest BCUT2D eigenvalue weighted by atomic mass is 15.3. The molecule has 2 heterocycles. The molecular formula is C13H14N6. The van der Waals surface area contributed by atoms with Gasteiger partial charge in [-0.05, 0) is 12.1 Å². The fourth-order valence-corrected chi connectivity index (χ4v) is 1.98. The standard InChI is InChI=1S/C13H14N6/c1-2-11-16-12(18-14)7-13(17-11)19-8-15-9-5-3-4-6-10(9)19/h3-8H,2,14H2,1H3,(H,16,17,18). The lowest BCUT2D eigenvalue weighted by molar-refractivity contribution is 0.896. The predicted octanol–water partition coefficient (Wildman–Crippen LogP) is 1.66. The van der Waals surface area contributed by atoms with Gasteiger partial charge in [-0.25, -0.2) is 20.8 Å². The number of imidazole rings is 1. The van der Waals surface area contributed by atoms with Crippen LogP contribution >= 0.6 is 0 Å². The zero-order valence-electron chi connectivity index (χ0n) is 10.5. The molecule has 0 saturated heterocycles. The second-order valence-electron chi connectivity index (χ2n) is 4.13. The Kier molecular flexibility index (Phi) is 2.85. The van der Waals surface area contributed by atoms with Crippen LogP contribution in [0.1, 0.15) is 12.7 Å². The van der Waals surface area contributed by atoms with E-state index in [9.17, 15) is 0 Å². The summed E-state index contributed by atoms with van der Waals surface area (Å²) < 4.78 is 1.93. The van der Waals surface area contributed by atoms with Gasteiger partial charge >= 0.3 is 0 Å². The van der Waals surface area contributed by atoms with Crippen molar-refractivity contribution in [2.45, 2.75) is 13.3 Å². The van der Waals surface area contributed by atoms with Crippen LogP contribution in [0.2, 0.25) is 0 Å². The Bertz CT molecular complexity index is 696. The van der Waals surface area contributed by atoms with Gasteiger partial charge in [-0.1, -0.05) is 19.1 Å². The molecule has 2 aromatic heterocycles. The second kappa shape index (κ2) is 4.66. The molecule has 96 valence electrons. The smallest absolute Gasteiger partial charge is 0.145 e. The summed E-state index contributed by atoms with van der Waals surface area (Å²) in [6.45, 7) is 2.01. The first-order valence-corrected chi connectivity index (χ1v) is 6.09. The summed E-state index contributed by atoms with van der Waals surface area (Å²) in [6, 6.07) is 9.71. The van der Waals surface area contributed by atoms with Crippen molar-refractivity contribution in [1.29, 1.82) is 0 Å². The van der Waals surface area contributed by atoms with Gasteiger partial charge < -0.3 is 5.43 Å². The Morgan fingerprint density at radius 2 is 2.11 bits per heavy atom. The number of nitrogens with two attached hydrogens (primary N) is 1. The van der Waals surface area contributed by atoms with Crippen LogP contribution in [0.25, 0.3) is 16.9 Å². The molecule has 0 amide bonds. The zero-order chi connectivity index (χ0) is 13.2. The van der Waals surface area contributed by atoms with Crippen LogP contribution in [-0.2, 0) is 6.42 Å². The van der Waals surface area contributed by atoms with Gasteiger partial charge in [0.05, 0.1) is 11.0 Å². The molecule has 1 aromatic carbocycles. The summed E-state index contributed by atoms with van der Waals surface area (Å²) in [5.74, 6) is 7.54. The van der Waals surface area contributed by atoms with Crippen molar-refractivity contribution in [1.82, 2.24) is 19.5 Å². The molecule has 0 aliphatic carbocycles. The Labute approximate surface area is 110 Å². The van der Waals surface area contributed by atoms with E-state index in [1.807, 2.05) is 35.8 Å². The number of hydrogen-bond donors (Lipinski definition) is 2. The predicted molar refractivity (Wildman–Crippen MR) is 73.8 cm³/mol. The van der Waals surface area contributed by atoms with Gasteiger partial charge in [-0.2, -0.15) is 0 Å². The number of hydrazine groups is 1. The molecule has 3 aromatic rings. The van der Waals surface area contributed by atoms with Gasteiger partial charge in [-0.15, -0.1) is 0 Å². The monoisotopic (exact) mass is 254 g/mol. The van der Waals surface area contributed by atoms with Crippen molar-refractivity contribution in [3.8, 4) is 5.82 Å². The number of nitrogens with zero attached hydrogens (tertiary/aromatic N) is 4. The number of nitrogen functional groups attached to an aromatic ring is 1. The molecule has 0 aliphatic heterocycles. The highest BCUT2D eigenvalue weighted by Gasteiger charge is 2.08. The van der Waals surface area contributed by atoms with E-state index in [0.717, 1.165) is 29.1 Å². The Balaban J connectivity index is 2.20. The average Bonchev–Trinajstić information content (AvgIpc) is 2.90. The van der Waals surface area contributed by atoms with E-state index >= 15 is 0 Å². The number of benzene rings is 1. The van der Waals surface area contributed by atoms with E-state index in [4.69, 9.17) is 5.84 Å². The molecule has 0 fully saturated rings. The number of nitrogens with one attached hydrogen (secondary N) is 1. The number of fused-ring (bicyclic) bond motifs is 1. The molecule has 0 spiro atoms. The van der Waals surface area contributed by atoms with Crippen LogP contribution in [0.3, 0.4) is 0 Å². The summed E-state index contributed by atoms with van der Waals surface area (Å²) in [7, 11) is 0. The van der Waals surface area contributed by atoms with Crippen molar-refractivity contribution in [3.63, 3.8) is 0 Å². The molecule has 6 heteroatoms. The van der Waals surface area contributed by atoms with Crippen molar-refractivity contribution in [2.75, 3.05) is 5.43 Å². The first kappa shape index (κ1) is 11.6. The molecule has 3 rings (SSSR count). The Morgan fingerprint density at radius 3 is 2.89 bits per heavy atom. The molecule has 0 atom stereocenters. The van der Waals surface area contributed by atoms with Crippen molar-refractivity contribution in [3.05, 3.63) is 42.5 Å². The van der Waals surface area contributed by atoms with Crippen LogP contribution in [0.15, 0.2) is 36.7 Å². The van der Waals surface area contributed by atoms with Crippen LogP contribution in [0, 0.1) is 0 Å². The van der Waals surface area contributed by atoms with Crippen LogP contribution in [-0.4, -0.2) is 19.5 Å². The third-order valence-corrected chi connectivity index (χ3v) is 2.92. The topological polar surface area (TPSA) is 81.6 Å². The van der Waals surface area contributed by atoms with Gasteiger partial charge in [0.2, 0.25) is 0 Å². The fraction of sp³-hybridized carbons (Fsp3) is 0.154. The summed E-state index contributed by atoms with van der Waals surface area (Å²) in [5, 5.41) is 0. The highest BCUT2D eigenvalue weighted by molar-refractivity contribution is 5.76. The van der Waals surface area contributed by atoms with Crippen LogP contribution in [0.4, 0.5) is 5.82 Å². The third-order valence-electron chi connectivity index (χ3n) is 2.92. The maximum absolute atomic E-state index is 5.44. The lowest BCUT2D eigenvalue weighted by atomic mass is 10.3. The van der Waals surface area contributed by atoms with Gasteiger partial charge in [-0.3, -0.25) is 4.57 Å². The number of rotatable bonds is 3. The number of para-hydroxylation sites is 2. The average molecular weight is 254 g/mol. The second-order valence-corrected chi connectivity index (χ2v) is 4.13. The van der Waals surface area contributed by atoms with Crippen molar-refractivity contribution in [2.24, 2.45) is 5.84 Å². The molecular weight excluding hydrogens is 240 g/mol. The number of aryl methyl sites for hydroxylation is 1. The van der Waals surface area contributed by atoms with Gasteiger partial charge in [0.15, 0.2) is 0 Å². The van der Waals surface area contributed by atoms with E-state index in [0.29, 0.717) is 5.82 Å². The Hall–Kier alpha value is -2.47. The van der Waals surface area contributed by atoms with Gasteiger partial charge in [0.25, 0.3) is 0 Å². The minimum Gasteiger partial charge on any atom is -0.308 e. The summed E-state index contributed by atoms with van der Waals surface area (Å²) in [6.07, 6.45) is 2.50. The minimum atomic E-state index is 0.597. The quantitative estimate of drug-likeness (QED) is 0.548. The van der Waals surface area contributed by atoms with Crippen molar-refractivity contribution < 1.29 is 0 Å². The Morgan fingerprint density at radius 1 is 1.26 bits per heavy atom. The molecule has 0 unspecified atom stereocenters. The third kappa shape index (κ3) is 2.02. The van der Waals surface area contributed by atoms with E-state index in [1.54, 1.807) is 12.4 Å². The first-order valence-electron chi connectivity index (χ1n) is 6.09. The summed E-state index contributed by atoms with van der Waals surface area (Å²) >= 11 is 0. The lowest BCUT2D eigenvalue weighted by Gasteiger charge is -2.07. The van der Waals surface area contributed by atoms with Gasteiger partial charge in [0.1, 0.15) is 23.8 Å². The number of anilines is 1. The summed E-state index contributed by atoms with van der Waals surface area (Å²) in [4.78, 5) is 13.1. The van der Waals surface area contributed by atoms with E-state index in [2.05, 4.69) is 20.4 Å². The first-order chi connectivity index (χ1) is 9.31. The maximum Gasteiger partial charge on any atom is 0.145 e. The molecule has 0 saturated carbocycles. The largest absolute Gasteiger partial charge is 0.308 e. The van der Waals surface area contributed by atoms with Gasteiger partial charge in [0, 0.05) is 12.5 Å². The maximum atomic E-state index is 5.44.